The second-order valence-electron chi connectivity index (χ2n) is 8.31. The van der Waals surface area contributed by atoms with Crippen molar-refractivity contribution in [2.45, 2.75) is 54.4 Å². The summed E-state index contributed by atoms with van der Waals surface area (Å²) in [6.07, 6.45) is 1.80. The molecule has 0 N–H and O–H groups in total. The van der Waals surface area contributed by atoms with Gasteiger partial charge in [-0.05, 0) is 35.5 Å². The zero-order valence-corrected chi connectivity index (χ0v) is 12.9. The highest BCUT2D eigenvalue weighted by Crippen LogP contribution is 2.55. The van der Waals surface area contributed by atoms with Crippen molar-refractivity contribution in [3.05, 3.63) is 0 Å². The standard InChI is InChI=1S/C16H26O3/c1-15(2,3)10-8-7-9-11(12(10)16(4,5)6)14(18)19-13(9)17/h9-12H,7-8H2,1-6H3. The van der Waals surface area contributed by atoms with Crippen molar-refractivity contribution < 1.29 is 14.3 Å². The summed E-state index contributed by atoms with van der Waals surface area (Å²) < 4.78 is 4.92. The molecule has 0 aromatic heterocycles. The third kappa shape index (κ3) is 2.44. The van der Waals surface area contributed by atoms with Crippen molar-refractivity contribution in [2.24, 2.45) is 34.5 Å². The molecule has 108 valence electrons. The molecule has 0 radical (unpaired) electrons. The number of rotatable bonds is 0. The van der Waals surface area contributed by atoms with Crippen LogP contribution < -0.4 is 0 Å². The molecule has 2 rings (SSSR count). The van der Waals surface area contributed by atoms with Gasteiger partial charge in [0.25, 0.3) is 0 Å². The molecule has 0 bridgehead atoms. The first-order chi connectivity index (χ1) is 8.53. The summed E-state index contributed by atoms with van der Waals surface area (Å²) in [7, 11) is 0. The molecule has 1 aliphatic heterocycles. The Morgan fingerprint density at radius 3 is 1.95 bits per heavy atom. The molecule has 2 fully saturated rings. The quantitative estimate of drug-likeness (QED) is 0.498. The molecule has 4 unspecified atom stereocenters. The van der Waals surface area contributed by atoms with Gasteiger partial charge in [-0.2, -0.15) is 0 Å². The van der Waals surface area contributed by atoms with Crippen molar-refractivity contribution in [3.8, 4) is 0 Å². The van der Waals surface area contributed by atoms with Crippen molar-refractivity contribution in [3.63, 3.8) is 0 Å². The smallest absolute Gasteiger partial charge is 0.317 e. The normalized spacial score (nSPS) is 36.1. The summed E-state index contributed by atoms with van der Waals surface area (Å²) in [5.74, 6) is -0.348. The van der Waals surface area contributed by atoms with Crippen LogP contribution >= 0.6 is 0 Å². The minimum Gasteiger partial charge on any atom is -0.393 e. The first kappa shape index (κ1) is 14.5. The van der Waals surface area contributed by atoms with Crippen LogP contribution in [0.4, 0.5) is 0 Å². The zero-order valence-electron chi connectivity index (χ0n) is 12.9. The monoisotopic (exact) mass is 266 g/mol. The SMILES string of the molecule is CC(C)(C)C1CCC2C(=O)OC(=O)C2C1C(C)(C)C. The van der Waals surface area contributed by atoms with Crippen LogP contribution in [-0.2, 0) is 14.3 Å². The number of carbonyl (C=O) groups excluding carboxylic acids is 2. The van der Waals surface area contributed by atoms with Crippen LogP contribution in [0.25, 0.3) is 0 Å². The zero-order chi connectivity index (χ0) is 14.6. The van der Waals surface area contributed by atoms with Crippen LogP contribution in [0, 0.1) is 34.5 Å². The van der Waals surface area contributed by atoms with Crippen LogP contribution in [-0.4, -0.2) is 11.9 Å². The molecule has 3 nitrogen and oxygen atoms in total. The molecule has 0 amide bonds. The van der Waals surface area contributed by atoms with Crippen LogP contribution in [0.1, 0.15) is 54.4 Å². The summed E-state index contributed by atoms with van der Waals surface area (Å²) in [6.45, 7) is 13.2. The van der Waals surface area contributed by atoms with E-state index in [0.29, 0.717) is 5.92 Å². The topological polar surface area (TPSA) is 43.4 Å². The maximum absolute atomic E-state index is 12.1. The van der Waals surface area contributed by atoms with Crippen molar-refractivity contribution >= 4 is 11.9 Å². The maximum Gasteiger partial charge on any atom is 0.317 e. The lowest BCUT2D eigenvalue weighted by Gasteiger charge is -2.49. The van der Waals surface area contributed by atoms with E-state index >= 15 is 0 Å². The molecule has 0 aromatic carbocycles. The highest BCUT2D eigenvalue weighted by atomic mass is 16.6. The van der Waals surface area contributed by atoms with Crippen LogP contribution in [0.3, 0.4) is 0 Å². The van der Waals surface area contributed by atoms with Gasteiger partial charge in [-0.15, -0.1) is 0 Å². The van der Waals surface area contributed by atoms with E-state index in [1.165, 1.54) is 0 Å². The van der Waals surface area contributed by atoms with E-state index in [4.69, 9.17) is 4.74 Å². The fraction of sp³-hybridized carbons (Fsp3) is 0.875. The third-order valence-corrected chi connectivity index (χ3v) is 4.93. The van der Waals surface area contributed by atoms with Gasteiger partial charge in [0.2, 0.25) is 0 Å². The molecule has 0 aromatic rings. The van der Waals surface area contributed by atoms with Crippen molar-refractivity contribution in [1.29, 1.82) is 0 Å². The number of carbonyl (C=O) groups is 2. The van der Waals surface area contributed by atoms with Gasteiger partial charge in [0, 0.05) is 0 Å². The van der Waals surface area contributed by atoms with E-state index < -0.39 is 0 Å². The molecular weight excluding hydrogens is 240 g/mol. The second kappa shape index (κ2) is 4.32. The van der Waals surface area contributed by atoms with E-state index in [1.54, 1.807) is 0 Å². The molecule has 2 aliphatic rings. The van der Waals surface area contributed by atoms with Gasteiger partial charge in [0.05, 0.1) is 11.8 Å². The first-order valence-corrected chi connectivity index (χ1v) is 7.29. The Balaban J connectivity index is 2.42. The van der Waals surface area contributed by atoms with Gasteiger partial charge in [-0.1, -0.05) is 41.5 Å². The molecule has 19 heavy (non-hydrogen) atoms. The van der Waals surface area contributed by atoms with E-state index in [2.05, 4.69) is 41.5 Å². The molecule has 1 heterocycles. The summed E-state index contributed by atoms with van der Waals surface area (Å²) in [5, 5.41) is 0. The van der Waals surface area contributed by atoms with E-state index in [0.717, 1.165) is 12.8 Å². The summed E-state index contributed by atoms with van der Waals surface area (Å²) in [6, 6.07) is 0. The molecule has 1 aliphatic carbocycles. The van der Waals surface area contributed by atoms with Crippen LogP contribution in [0.15, 0.2) is 0 Å². The highest BCUT2D eigenvalue weighted by molar-refractivity contribution is 5.96. The van der Waals surface area contributed by atoms with Gasteiger partial charge < -0.3 is 4.74 Å². The predicted octanol–water partition coefficient (Wildman–Crippen LogP) is 3.42. The van der Waals surface area contributed by atoms with E-state index in [9.17, 15) is 9.59 Å². The lowest BCUT2D eigenvalue weighted by Crippen LogP contribution is -2.47. The largest absolute Gasteiger partial charge is 0.393 e. The van der Waals surface area contributed by atoms with Crippen LogP contribution in [0.5, 0.6) is 0 Å². The Bertz CT molecular complexity index is 397. The summed E-state index contributed by atoms with van der Waals surface area (Å²) in [4.78, 5) is 23.9. The number of fused-ring (bicyclic) bond motifs is 1. The number of esters is 2. The lowest BCUT2D eigenvalue weighted by atomic mass is 9.53. The minimum absolute atomic E-state index is 0.00488. The van der Waals surface area contributed by atoms with Crippen molar-refractivity contribution in [2.75, 3.05) is 0 Å². The number of hydrogen-bond acceptors (Lipinski definition) is 3. The van der Waals surface area contributed by atoms with Crippen molar-refractivity contribution in [1.82, 2.24) is 0 Å². The minimum atomic E-state index is -0.295. The number of hydrogen-bond donors (Lipinski definition) is 0. The third-order valence-electron chi connectivity index (χ3n) is 4.93. The number of ether oxygens (including phenoxy) is 1. The summed E-state index contributed by atoms with van der Waals surface area (Å²) >= 11 is 0. The fourth-order valence-corrected chi connectivity index (χ4v) is 4.15. The van der Waals surface area contributed by atoms with Gasteiger partial charge in [-0.3, -0.25) is 9.59 Å². The second-order valence-corrected chi connectivity index (χ2v) is 8.31. The summed E-state index contributed by atoms with van der Waals surface area (Å²) in [5.41, 5.74) is 0.153. The Morgan fingerprint density at radius 1 is 0.895 bits per heavy atom. The first-order valence-electron chi connectivity index (χ1n) is 7.29. The average Bonchev–Trinajstić information content (AvgIpc) is 2.51. The van der Waals surface area contributed by atoms with Gasteiger partial charge in [-0.25, -0.2) is 0 Å². The Labute approximate surface area is 116 Å². The maximum atomic E-state index is 12.1. The molecule has 3 heteroatoms. The predicted molar refractivity (Wildman–Crippen MR) is 73.2 cm³/mol. The number of cyclic esters (lactones) is 2. The fourth-order valence-electron chi connectivity index (χ4n) is 4.15. The van der Waals surface area contributed by atoms with Gasteiger partial charge >= 0.3 is 11.9 Å². The van der Waals surface area contributed by atoms with Crippen LogP contribution in [0.2, 0.25) is 0 Å². The molecule has 4 atom stereocenters. The highest BCUT2D eigenvalue weighted by Gasteiger charge is 2.57. The molecule has 1 saturated carbocycles. The van der Waals surface area contributed by atoms with E-state index in [-0.39, 0.29) is 40.5 Å². The van der Waals surface area contributed by atoms with Gasteiger partial charge in [0.15, 0.2) is 0 Å². The average molecular weight is 266 g/mol. The molecular formula is C16H26O3. The Kier molecular flexibility index (Phi) is 3.31. The molecule has 1 saturated heterocycles. The Morgan fingerprint density at radius 2 is 1.47 bits per heavy atom. The Hall–Kier alpha value is -0.860. The lowest BCUT2D eigenvalue weighted by molar-refractivity contribution is -0.154. The van der Waals surface area contributed by atoms with Gasteiger partial charge in [0.1, 0.15) is 0 Å². The molecule has 0 spiro atoms. The van der Waals surface area contributed by atoms with E-state index in [1.807, 2.05) is 0 Å².